The van der Waals surface area contributed by atoms with E-state index in [1.165, 1.54) is 16.2 Å². The number of carbonyl (C=O) groups excluding carboxylic acids is 2. The molecule has 2 aliphatic rings. The summed E-state index contributed by atoms with van der Waals surface area (Å²) in [5.74, 6) is -0.829. The van der Waals surface area contributed by atoms with Crippen LogP contribution in [-0.2, 0) is 33.7 Å². The quantitative estimate of drug-likeness (QED) is 0.540. The number of amides is 2. The van der Waals surface area contributed by atoms with Gasteiger partial charge in [-0.2, -0.15) is 0 Å². The van der Waals surface area contributed by atoms with Gasteiger partial charge in [0.2, 0.25) is 5.91 Å². The first-order chi connectivity index (χ1) is 15.4. The average Bonchev–Trinajstić information content (AvgIpc) is 3.11. The zero-order chi connectivity index (χ0) is 24.3. The van der Waals surface area contributed by atoms with Gasteiger partial charge in [-0.05, 0) is 68.1 Å². The minimum absolute atomic E-state index is 0.000422. The highest BCUT2D eigenvalue weighted by Crippen LogP contribution is 2.44. The molecule has 2 atom stereocenters. The number of nitrogens with zero attached hydrogens (tertiary/aromatic N) is 1. The van der Waals surface area contributed by atoms with Crippen molar-refractivity contribution in [1.29, 1.82) is 0 Å². The second kappa shape index (κ2) is 10.6. The Morgan fingerprint density at radius 1 is 1.30 bits per heavy atom. The molecule has 1 unspecified atom stereocenters. The molecule has 2 fully saturated rings. The maximum absolute atomic E-state index is 13.6. The third-order valence-corrected chi connectivity index (χ3v) is 10.0. The molecule has 1 N–H and O–H groups in total. The van der Waals surface area contributed by atoms with Crippen LogP contribution in [0.2, 0.25) is 0 Å². The van der Waals surface area contributed by atoms with E-state index in [1.807, 2.05) is 0 Å². The standard InChI is InChI=1S/C21H31BrN2O7S2/c1-20(2,3)30-19(26)24-10-9-21(33(27,28)13-11-24,15-7-8-16(22)32-15)14-17(25)23-31-18-6-4-5-12-29-18/h7-8,18H,4-6,9-14H2,1-3H3,(H,23,25)/t18?,21-/m0/s1. The Kier molecular flexibility index (Phi) is 8.47. The van der Waals surface area contributed by atoms with Crippen molar-refractivity contribution in [2.45, 2.75) is 69.5 Å². The summed E-state index contributed by atoms with van der Waals surface area (Å²) < 4.78 is 37.4. The van der Waals surface area contributed by atoms with Crippen molar-refractivity contribution < 1.29 is 32.3 Å². The maximum atomic E-state index is 13.6. The summed E-state index contributed by atoms with van der Waals surface area (Å²) in [7, 11) is -3.82. The van der Waals surface area contributed by atoms with Crippen LogP contribution in [0.25, 0.3) is 0 Å². The van der Waals surface area contributed by atoms with Crippen molar-refractivity contribution >= 4 is 49.1 Å². The fourth-order valence-electron chi connectivity index (χ4n) is 3.87. The summed E-state index contributed by atoms with van der Waals surface area (Å²) in [5.41, 5.74) is 1.69. The van der Waals surface area contributed by atoms with Gasteiger partial charge in [-0.1, -0.05) is 0 Å². The molecule has 3 rings (SSSR count). The molecule has 0 aromatic carbocycles. The zero-order valence-electron chi connectivity index (χ0n) is 19.1. The largest absolute Gasteiger partial charge is 0.444 e. The van der Waals surface area contributed by atoms with E-state index < -0.39 is 38.5 Å². The molecule has 1 aromatic heterocycles. The average molecular weight is 568 g/mol. The summed E-state index contributed by atoms with van der Waals surface area (Å²) in [4.78, 5) is 32.8. The topological polar surface area (TPSA) is 111 Å². The Morgan fingerprint density at radius 3 is 2.67 bits per heavy atom. The third-order valence-electron chi connectivity index (χ3n) is 5.57. The molecular weight excluding hydrogens is 536 g/mol. The summed E-state index contributed by atoms with van der Waals surface area (Å²) in [6, 6.07) is 3.48. The van der Waals surface area contributed by atoms with Crippen molar-refractivity contribution in [2.24, 2.45) is 0 Å². The molecule has 9 nitrogen and oxygen atoms in total. The Morgan fingerprint density at radius 2 is 2.06 bits per heavy atom. The third kappa shape index (κ3) is 6.68. The SMILES string of the molecule is CC(C)(C)OC(=O)N1CC[C@](CC(=O)NOC2CCCCO2)(c2ccc(Br)s2)S(=O)(=O)CC1. The summed E-state index contributed by atoms with van der Waals surface area (Å²) in [5, 5.41) is 0. The molecule has 2 aliphatic heterocycles. The predicted octanol–water partition coefficient (Wildman–Crippen LogP) is 3.73. The van der Waals surface area contributed by atoms with E-state index in [0.29, 0.717) is 17.9 Å². The smallest absolute Gasteiger partial charge is 0.410 e. The van der Waals surface area contributed by atoms with Crippen LogP contribution in [0.5, 0.6) is 0 Å². The molecule has 0 spiro atoms. The first kappa shape index (κ1) is 26.4. The van der Waals surface area contributed by atoms with Crippen molar-refractivity contribution in [3.63, 3.8) is 0 Å². The lowest BCUT2D eigenvalue weighted by Gasteiger charge is -2.31. The van der Waals surface area contributed by atoms with Crippen LogP contribution in [0.1, 0.15) is 57.8 Å². The first-order valence-corrected chi connectivity index (χ1v) is 14.2. The van der Waals surface area contributed by atoms with E-state index in [2.05, 4.69) is 21.4 Å². The summed E-state index contributed by atoms with van der Waals surface area (Å²) >= 11 is 4.66. The Balaban J connectivity index is 1.82. The van der Waals surface area contributed by atoms with Gasteiger partial charge in [-0.25, -0.2) is 23.5 Å². The van der Waals surface area contributed by atoms with Gasteiger partial charge in [0.25, 0.3) is 0 Å². The van der Waals surface area contributed by atoms with Gasteiger partial charge < -0.3 is 14.4 Å². The molecule has 0 aliphatic carbocycles. The molecule has 12 heteroatoms. The highest BCUT2D eigenvalue weighted by atomic mass is 79.9. The minimum atomic E-state index is -3.82. The lowest BCUT2D eigenvalue weighted by molar-refractivity contribution is -0.200. The normalized spacial score (nSPS) is 25.8. The van der Waals surface area contributed by atoms with Crippen LogP contribution < -0.4 is 5.48 Å². The van der Waals surface area contributed by atoms with Crippen LogP contribution >= 0.6 is 27.3 Å². The van der Waals surface area contributed by atoms with E-state index in [9.17, 15) is 18.0 Å². The number of thiophene rings is 1. The lowest BCUT2D eigenvalue weighted by atomic mass is 9.97. The molecular formula is C21H31BrN2O7S2. The predicted molar refractivity (Wildman–Crippen MR) is 127 cm³/mol. The van der Waals surface area contributed by atoms with Crippen molar-refractivity contribution in [1.82, 2.24) is 10.4 Å². The van der Waals surface area contributed by atoms with Gasteiger partial charge in [0.05, 0.1) is 16.0 Å². The Bertz CT molecular complexity index is 954. The van der Waals surface area contributed by atoms with Gasteiger partial charge in [0.15, 0.2) is 16.1 Å². The number of nitrogens with one attached hydrogen (secondary N) is 1. The number of sulfone groups is 1. The van der Waals surface area contributed by atoms with Gasteiger partial charge >= 0.3 is 6.09 Å². The van der Waals surface area contributed by atoms with E-state index >= 15 is 0 Å². The number of halogens is 1. The molecule has 0 radical (unpaired) electrons. The number of rotatable bonds is 5. The summed E-state index contributed by atoms with van der Waals surface area (Å²) in [6.07, 6.45) is 1.17. The monoisotopic (exact) mass is 566 g/mol. The fourth-order valence-corrected chi connectivity index (χ4v) is 7.85. The van der Waals surface area contributed by atoms with E-state index in [0.717, 1.165) is 16.6 Å². The second-order valence-electron chi connectivity index (χ2n) is 9.25. The summed E-state index contributed by atoms with van der Waals surface area (Å²) in [6.45, 7) is 5.97. The fraction of sp³-hybridized carbons (Fsp3) is 0.714. The number of carbonyl (C=O) groups is 2. The molecule has 33 heavy (non-hydrogen) atoms. The molecule has 2 amide bonds. The van der Waals surface area contributed by atoms with E-state index in [-0.39, 0.29) is 31.7 Å². The number of hydroxylamine groups is 1. The van der Waals surface area contributed by atoms with Gasteiger partial charge in [0.1, 0.15) is 10.3 Å². The van der Waals surface area contributed by atoms with E-state index in [1.54, 1.807) is 32.9 Å². The molecule has 0 bridgehead atoms. The first-order valence-electron chi connectivity index (χ1n) is 10.9. The highest BCUT2D eigenvalue weighted by Gasteiger charge is 2.50. The van der Waals surface area contributed by atoms with E-state index in [4.69, 9.17) is 14.3 Å². The Labute approximate surface area is 207 Å². The Hall–Kier alpha value is -1.21. The minimum Gasteiger partial charge on any atom is -0.444 e. The van der Waals surface area contributed by atoms with Crippen molar-refractivity contribution in [2.75, 3.05) is 25.4 Å². The molecule has 3 heterocycles. The van der Waals surface area contributed by atoms with Crippen LogP contribution in [0, 0.1) is 0 Å². The number of ether oxygens (including phenoxy) is 2. The second-order valence-corrected chi connectivity index (χ2v) is 14.1. The van der Waals surface area contributed by atoms with Gasteiger partial charge in [-0.3, -0.25) is 4.79 Å². The number of hydrogen-bond donors (Lipinski definition) is 1. The zero-order valence-corrected chi connectivity index (χ0v) is 22.3. The van der Waals surface area contributed by atoms with Gasteiger partial charge in [-0.15, -0.1) is 11.3 Å². The van der Waals surface area contributed by atoms with Gasteiger partial charge in [0, 0.05) is 31.0 Å². The van der Waals surface area contributed by atoms with Crippen molar-refractivity contribution in [3.8, 4) is 0 Å². The van der Waals surface area contributed by atoms with Crippen molar-refractivity contribution in [3.05, 3.63) is 20.8 Å². The van der Waals surface area contributed by atoms with Crippen LogP contribution in [-0.4, -0.2) is 62.7 Å². The highest BCUT2D eigenvalue weighted by molar-refractivity contribution is 9.11. The maximum Gasteiger partial charge on any atom is 0.410 e. The lowest BCUT2D eigenvalue weighted by Crippen LogP contribution is -2.43. The molecule has 186 valence electrons. The van der Waals surface area contributed by atoms with Crippen LogP contribution in [0.15, 0.2) is 15.9 Å². The molecule has 2 saturated heterocycles. The number of hydrogen-bond acceptors (Lipinski definition) is 8. The molecule has 0 saturated carbocycles. The molecule has 1 aromatic rings. The van der Waals surface area contributed by atoms with Crippen LogP contribution in [0.4, 0.5) is 4.79 Å². The van der Waals surface area contributed by atoms with Crippen LogP contribution in [0.3, 0.4) is 0 Å².